The van der Waals surface area contributed by atoms with Crippen LogP contribution in [-0.2, 0) is 0 Å². The molecule has 0 unspecified atom stereocenters. The van der Waals surface area contributed by atoms with Crippen molar-refractivity contribution in [2.45, 2.75) is 45.4 Å². The van der Waals surface area contributed by atoms with E-state index in [4.69, 9.17) is 16.3 Å². The van der Waals surface area contributed by atoms with Gasteiger partial charge in [0.05, 0.1) is 12.2 Å². The number of hydrogen-bond donors (Lipinski definition) is 1. The SMILES string of the molecule is CCCCCCCCOc1ccccc1C(=O)Nc1ccc(C(=O)Cl)cc1. The van der Waals surface area contributed by atoms with E-state index >= 15 is 0 Å². The molecule has 0 atom stereocenters. The maximum atomic E-state index is 12.6. The summed E-state index contributed by atoms with van der Waals surface area (Å²) >= 11 is 5.43. The molecule has 0 aliphatic heterocycles. The Hall–Kier alpha value is -2.33. The largest absolute Gasteiger partial charge is 0.493 e. The number of benzene rings is 2. The molecule has 1 N–H and O–H groups in total. The molecule has 0 aromatic heterocycles. The lowest BCUT2D eigenvalue weighted by Crippen LogP contribution is -2.14. The summed E-state index contributed by atoms with van der Waals surface area (Å²) < 4.78 is 5.83. The zero-order chi connectivity index (χ0) is 19.5. The van der Waals surface area contributed by atoms with E-state index in [1.165, 1.54) is 25.7 Å². The van der Waals surface area contributed by atoms with Crippen LogP contribution in [0.4, 0.5) is 5.69 Å². The molecular formula is C22H26ClNO3. The number of rotatable bonds is 11. The fourth-order valence-electron chi connectivity index (χ4n) is 2.73. The molecule has 0 bridgehead atoms. The smallest absolute Gasteiger partial charge is 0.259 e. The molecule has 0 aliphatic rings. The minimum atomic E-state index is -0.527. The van der Waals surface area contributed by atoms with E-state index in [9.17, 15) is 9.59 Å². The zero-order valence-corrected chi connectivity index (χ0v) is 16.4. The van der Waals surface area contributed by atoms with Crippen molar-refractivity contribution in [3.05, 3.63) is 59.7 Å². The summed E-state index contributed by atoms with van der Waals surface area (Å²) in [7, 11) is 0. The Balaban J connectivity index is 1.89. The molecule has 0 saturated carbocycles. The minimum Gasteiger partial charge on any atom is -0.493 e. The van der Waals surface area contributed by atoms with Crippen molar-refractivity contribution in [3.8, 4) is 5.75 Å². The number of para-hydroxylation sites is 1. The van der Waals surface area contributed by atoms with Crippen molar-refractivity contribution in [2.24, 2.45) is 0 Å². The number of carbonyl (C=O) groups is 2. The predicted octanol–water partition coefficient (Wildman–Crippen LogP) is 6.06. The maximum absolute atomic E-state index is 12.6. The van der Waals surface area contributed by atoms with Gasteiger partial charge in [-0.05, 0) is 54.4 Å². The molecule has 0 radical (unpaired) electrons. The molecule has 0 saturated heterocycles. The third kappa shape index (κ3) is 7.06. The fraction of sp³-hybridized carbons (Fsp3) is 0.364. The fourth-order valence-corrected chi connectivity index (χ4v) is 2.85. The van der Waals surface area contributed by atoms with Crippen molar-refractivity contribution in [1.29, 1.82) is 0 Å². The zero-order valence-electron chi connectivity index (χ0n) is 15.7. The van der Waals surface area contributed by atoms with Gasteiger partial charge in [-0.2, -0.15) is 0 Å². The first-order valence-electron chi connectivity index (χ1n) is 9.45. The van der Waals surface area contributed by atoms with E-state index in [0.717, 1.165) is 12.8 Å². The van der Waals surface area contributed by atoms with E-state index in [1.54, 1.807) is 36.4 Å². The highest BCUT2D eigenvalue weighted by atomic mass is 35.5. The average molecular weight is 388 g/mol. The Morgan fingerprint density at radius 1 is 0.926 bits per heavy atom. The normalized spacial score (nSPS) is 10.4. The molecule has 5 heteroatoms. The van der Waals surface area contributed by atoms with Gasteiger partial charge in [-0.15, -0.1) is 0 Å². The Labute approximate surface area is 165 Å². The number of ether oxygens (including phenoxy) is 1. The number of hydrogen-bond acceptors (Lipinski definition) is 3. The monoisotopic (exact) mass is 387 g/mol. The lowest BCUT2D eigenvalue weighted by atomic mass is 10.1. The minimum absolute atomic E-state index is 0.251. The molecular weight excluding hydrogens is 362 g/mol. The summed E-state index contributed by atoms with van der Waals surface area (Å²) in [5, 5.41) is 2.29. The summed E-state index contributed by atoms with van der Waals surface area (Å²) in [6.07, 6.45) is 7.13. The van der Waals surface area contributed by atoms with Crippen molar-refractivity contribution >= 4 is 28.4 Å². The second-order valence-corrected chi connectivity index (χ2v) is 6.76. The Kier molecular flexibility index (Phi) is 8.85. The second-order valence-electron chi connectivity index (χ2n) is 6.42. The van der Waals surface area contributed by atoms with E-state index in [0.29, 0.717) is 29.2 Å². The molecule has 2 aromatic carbocycles. The molecule has 1 amide bonds. The van der Waals surface area contributed by atoms with Crippen LogP contribution in [0.25, 0.3) is 0 Å². The first kappa shape index (κ1) is 21.0. The molecule has 27 heavy (non-hydrogen) atoms. The summed E-state index contributed by atoms with van der Waals surface area (Å²) in [6.45, 7) is 2.81. The van der Waals surface area contributed by atoms with Crippen LogP contribution in [0.15, 0.2) is 48.5 Å². The van der Waals surface area contributed by atoms with Crippen LogP contribution in [-0.4, -0.2) is 17.8 Å². The van der Waals surface area contributed by atoms with Crippen molar-refractivity contribution < 1.29 is 14.3 Å². The van der Waals surface area contributed by atoms with Crippen molar-refractivity contribution in [1.82, 2.24) is 0 Å². The van der Waals surface area contributed by atoms with Gasteiger partial charge >= 0.3 is 0 Å². The van der Waals surface area contributed by atoms with E-state index < -0.39 is 5.24 Å². The van der Waals surface area contributed by atoms with E-state index in [2.05, 4.69) is 12.2 Å². The van der Waals surface area contributed by atoms with Gasteiger partial charge in [0, 0.05) is 11.3 Å². The van der Waals surface area contributed by atoms with Crippen LogP contribution in [0.1, 0.15) is 66.2 Å². The topological polar surface area (TPSA) is 55.4 Å². The Morgan fingerprint density at radius 2 is 1.59 bits per heavy atom. The number of carbonyl (C=O) groups excluding carboxylic acids is 2. The van der Waals surface area contributed by atoms with Crippen LogP contribution in [0.2, 0.25) is 0 Å². The van der Waals surface area contributed by atoms with Crippen LogP contribution >= 0.6 is 11.6 Å². The third-order valence-electron chi connectivity index (χ3n) is 4.26. The van der Waals surface area contributed by atoms with Crippen LogP contribution in [0.3, 0.4) is 0 Å². The summed E-state index contributed by atoms with van der Waals surface area (Å²) in [5.74, 6) is 0.328. The number of anilines is 1. The van der Waals surface area contributed by atoms with Gasteiger partial charge in [0.1, 0.15) is 5.75 Å². The summed E-state index contributed by atoms with van der Waals surface area (Å²) in [4.78, 5) is 23.7. The predicted molar refractivity (Wildman–Crippen MR) is 110 cm³/mol. The molecule has 0 heterocycles. The molecule has 4 nitrogen and oxygen atoms in total. The van der Waals surface area contributed by atoms with Gasteiger partial charge < -0.3 is 10.1 Å². The quantitative estimate of drug-likeness (QED) is 0.376. The first-order valence-corrected chi connectivity index (χ1v) is 9.82. The number of nitrogens with one attached hydrogen (secondary N) is 1. The van der Waals surface area contributed by atoms with Gasteiger partial charge in [-0.3, -0.25) is 9.59 Å². The highest BCUT2D eigenvalue weighted by Gasteiger charge is 2.12. The highest BCUT2D eigenvalue weighted by Crippen LogP contribution is 2.21. The Morgan fingerprint density at radius 3 is 2.30 bits per heavy atom. The van der Waals surface area contributed by atoms with Crippen molar-refractivity contribution in [3.63, 3.8) is 0 Å². The molecule has 2 rings (SSSR count). The lowest BCUT2D eigenvalue weighted by molar-refractivity contribution is 0.102. The molecule has 2 aromatic rings. The Bertz CT molecular complexity index is 743. The molecule has 144 valence electrons. The van der Waals surface area contributed by atoms with Gasteiger partial charge in [0.25, 0.3) is 11.1 Å². The third-order valence-corrected chi connectivity index (χ3v) is 4.48. The first-order chi connectivity index (χ1) is 13.1. The van der Waals surface area contributed by atoms with Gasteiger partial charge in [-0.25, -0.2) is 0 Å². The highest BCUT2D eigenvalue weighted by molar-refractivity contribution is 6.67. The van der Waals surface area contributed by atoms with Gasteiger partial charge in [0.15, 0.2) is 0 Å². The number of unbranched alkanes of at least 4 members (excludes halogenated alkanes) is 5. The van der Waals surface area contributed by atoms with Crippen LogP contribution in [0, 0.1) is 0 Å². The van der Waals surface area contributed by atoms with Crippen LogP contribution < -0.4 is 10.1 Å². The van der Waals surface area contributed by atoms with Crippen LogP contribution in [0.5, 0.6) is 5.75 Å². The number of amides is 1. The lowest BCUT2D eigenvalue weighted by Gasteiger charge is -2.12. The van der Waals surface area contributed by atoms with Gasteiger partial charge in [-0.1, -0.05) is 51.2 Å². The van der Waals surface area contributed by atoms with E-state index in [-0.39, 0.29) is 5.91 Å². The van der Waals surface area contributed by atoms with Gasteiger partial charge in [0.2, 0.25) is 0 Å². The average Bonchev–Trinajstić information content (AvgIpc) is 2.68. The molecule has 0 spiro atoms. The molecule has 0 fully saturated rings. The number of halogens is 1. The van der Waals surface area contributed by atoms with E-state index in [1.807, 2.05) is 12.1 Å². The summed E-state index contributed by atoms with van der Waals surface area (Å²) in [6, 6.07) is 13.7. The standard InChI is InChI=1S/C22H26ClNO3/c1-2-3-4-5-6-9-16-27-20-11-8-7-10-19(20)22(26)24-18-14-12-17(13-15-18)21(23)25/h7-8,10-15H,2-6,9,16H2,1H3,(H,24,26). The molecule has 0 aliphatic carbocycles. The van der Waals surface area contributed by atoms with Crippen molar-refractivity contribution in [2.75, 3.05) is 11.9 Å². The maximum Gasteiger partial charge on any atom is 0.259 e. The second kappa shape index (κ2) is 11.4. The summed E-state index contributed by atoms with van der Waals surface area (Å²) in [5.41, 5.74) is 1.46.